The highest BCUT2D eigenvalue weighted by atomic mass is 16.4. The molecular formula is C12H15N3O2. The van der Waals surface area contributed by atoms with E-state index >= 15 is 0 Å². The summed E-state index contributed by atoms with van der Waals surface area (Å²) in [5.74, 6) is -0.807. The molecule has 2 rings (SSSR count). The molecule has 1 atom stereocenters. The van der Waals surface area contributed by atoms with Crippen LogP contribution in [0, 0.1) is 0 Å². The van der Waals surface area contributed by atoms with Crippen molar-refractivity contribution in [1.82, 2.24) is 9.38 Å². The van der Waals surface area contributed by atoms with E-state index in [2.05, 4.69) is 4.98 Å². The zero-order valence-corrected chi connectivity index (χ0v) is 9.41. The lowest BCUT2D eigenvalue weighted by Crippen LogP contribution is -2.24. The van der Waals surface area contributed by atoms with Crippen molar-refractivity contribution in [3.63, 3.8) is 0 Å². The Labute approximate surface area is 98.9 Å². The third-order valence-electron chi connectivity index (χ3n) is 2.69. The fourth-order valence-electron chi connectivity index (χ4n) is 1.82. The number of hydrogen-bond acceptors (Lipinski definition) is 3. The van der Waals surface area contributed by atoms with Gasteiger partial charge in [-0.2, -0.15) is 0 Å². The van der Waals surface area contributed by atoms with E-state index in [9.17, 15) is 4.79 Å². The quantitative estimate of drug-likeness (QED) is 0.809. The Balaban J connectivity index is 2.05. The van der Waals surface area contributed by atoms with Gasteiger partial charge >= 0.3 is 5.97 Å². The van der Waals surface area contributed by atoms with Crippen LogP contribution in [0.1, 0.15) is 18.5 Å². The first-order valence-corrected chi connectivity index (χ1v) is 5.55. The number of nitrogens with zero attached hydrogens (tertiary/aromatic N) is 2. The van der Waals surface area contributed by atoms with Crippen LogP contribution >= 0.6 is 0 Å². The first kappa shape index (κ1) is 11.6. The molecule has 3 N–H and O–H groups in total. The van der Waals surface area contributed by atoms with Gasteiger partial charge in [0.2, 0.25) is 0 Å². The molecule has 0 radical (unpaired) electrons. The van der Waals surface area contributed by atoms with Crippen LogP contribution in [0.2, 0.25) is 0 Å². The third-order valence-corrected chi connectivity index (χ3v) is 2.69. The maximum atomic E-state index is 10.4. The highest BCUT2D eigenvalue weighted by molar-refractivity contribution is 5.66. The smallest absolute Gasteiger partial charge is 0.303 e. The molecule has 0 fully saturated rings. The maximum absolute atomic E-state index is 10.4. The van der Waals surface area contributed by atoms with Crippen LogP contribution in [0.3, 0.4) is 0 Å². The molecule has 90 valence electrons. The molecule has 0 spiro atoms. The Morgan fingerprint density at radius 1 is 1.53 bits per heavy atom. The van der Waals surface area contributed by atoms with Crippen molar-refractivity contribution in [1.29, 1.82) is 0 Å². The van der Waals surface area contributed by atoms with Gasteiger partial charge in [0, 0.05) is 37.0 Å². The van der Waals surface area contributed by atoms with Gasteiger partial charge in [0.1, 0.15) is 5.65 Å². The average Bonchev–Trinajstić information content (AvgIpc) is 2.70. The van der Waals surface area contributed by atoms with Crippen LogP contribution in [0.25, 0.3) is 5.65 Å². The van der Waals surface area contributed by atoms with E-state index in [1.165, 1.54) is 0 Å². The minimum Gasteiger partial charge on any atom is -0.481 e. The predicted molar refractivity (Wildman–Crippen MR) is 63.7 cm³/mol. The van der Waals surface area contributed by atoms with Crippen molar-refractivity contribution in [2.75, 3.05) is 0 Å². The summed E-state index contributed by atoms with van der Waals surface area (Å²) < 4.78 is 1.97. The van der Waals surface area contributed by atoms with Crippen LogP contribution in [-0.4, -0.2) is 26.5 Å². The van der Waals surface area contributed by atoms with E-state index in [4.69, 9.17) is 10.8 Å². The Morgan fingerprint density at radius 3 is 3.12 bits per heavy atom. The number of carboxylic acid groups (broad SMARTS) is 1. The Morgan fingerprint density at radius 2 is 2.35 bits per heavy atom. The highest BCUT2D eigenvalue weighted by Crippen LogP contribution is 2.09. The molecule has 5 heteroatoms. The first-order chi connectivity index (χ1) is 8.16. The maximum Gasteiger partial charge on any atom is 0.303 e. The molecule has 0 saturated carbocycles. The monoisotopic (exact) mass is 233 g/mol. The van der Waals surface area contributed by atoms with Gasteiger partial charge in [0.05, 0.1) is 0 Å². The molecule has 0 aliphatic rings. The largest absolute Gasteiger partial charge is 0.481 e. The van der Waals surface area contributed by atoms with E-state index in [1.807, 2.05) is 28.8 Å². The second kappa shape index (κ2) is 4.97. The summed E-state index contributed by atoms with van der Waals surface area (Å²) in [5, 5.41) is 8.59. The number of nitrogens with two attached hydrogens (primary N) is 1. The van der Waals surface area contributed by atoms with E-state index < -0.39 is 5.97 Å². The molecule has 5 nitrogen and oxygen atoms in total. The number of carbonyl (C=O) groups is 1. The number of imidazole rings is 1. The zero-order valence-electron chi connectivity index (χ0n) is 9.41. The lowest BCUT2D eigenvalue weighted by Gasteiger charge is -2.09. The summed E-state index contributed by atoms with van der Waals surface area (Å²) in [6.45, 7) is 0. The number of carboxylic acids is 1. The second-order valence-corrected chi connectivity index (χ2v) is 4.07. The van der Waals surface area contributed by atoms with E-state index in [0.717, 1.165) is 11.3 Å². The molecule has 17 heavy (non-hydrogen) atoms. The molecule has 2 aromatic rings. The second-order valence-electron chi connectivity index (χ2n) is 4.07. The lowest BCUT2D eigenvalue weighted by atomic mass is 10.1. The van der Waals surface area contributed by atoms with Crippen LogP contribution in [0.4, 0.5) is 0 Å². The summed E-state index contributed by atoms with van der Waals surface area (Å²) in [5.41, 5.74) is 7.79. The van der Waals surface area contributed by atoms with E-state index in [1.54, 1.807) is 6.20 Å². The fourth-order valence-corrected chi connectivity index (χ4v) is 1.82. The van der Waals surface area contributed by atoms with Gasteiger partial charge in [-0.25, -0.2) is 4.98 Å². The molecule has 0 saturated heterocycles. The number of aromatic nitrogens is 2. The number of fused-ring (bicyclic) bond motifs is 1. The van der Waals surface area contributed by atoms with Gasteiger partial charge in [0.25, 0.3) is 0 Å². The number of rotatable bonds is 5. The molecular weight excluding hydrogens is 218 g/mol. The molecule has 2 aromatic heterocycles. The number of hydrogen-bond donors (Lipinski definition) is 2. The van der Waals surface area contributed by atoms with Crippen molar-refractivity contribution in [3.8, 4) is 0 Å². The van der Waals surface area contributed by atoms with Crippen molar-refractivity contribution in [3.05, 3.63) is 36.3 Å². The van der Waals surface area contributed by atoms with Crippen molar-refractivity contribution >= 4 is 11.6 Å². The molecule has 1 unspecified atom stereocenters. The van der Waals surface area contributed by atoms with Gasteiger partial charge in [-0.3, -0.25) is 4.79 Å². The van der Waals surface area contributed by atoms with Gasteiger partial charge in [-0.1, -0.05) is 6.07 Å². The fraction of sp³-hybridized carbons (Fsp3) is 0.333. The van der Waals surface area contributed by atoms with Gasteiger partial charge in [0.15, 0.2) is 0 Å². The minimum absolute atomic E-state index is 0.109. The summed E-state index contributed by atoms with van der Waals surface area (Å²) in [4.78, 5) is 14.7. The van der Waals surface area contributed by atoms with Gasteiger partial charge in [-0.05, 0) is 18.6 Å². The molecule has 0 aromatic carbocycles. The summed E-state index contributed by atoms with van der Waals surface area (Å²) in [7, 11) is 0. The van der Waals surface area contributed by atoms with E-state index in [0.29, 0.717) is 12.8 Å². The summed E-state index contributed by atoms with van der Waals surface area (Å²) in [6, 6.07) is 5.63. The Kier molecular flexibility index (Phi) is 3.39. The average molecular weight is 233 g/mol. The SMILES string of the molecule is NC(CCC(=O)O)Cc1cnc2ccccn12. The topological polar surface area (TPSA) is 80.6 Å². The van der Waals surface area contributed by atoms with Crippen LogP contribution in [0.15, 0.2) is 30.6 Å². The van der Waals surface area contributed by atoms with Crippen molar-refractivity contribution in [2.24, 2.45) is 5.73 Å². The molecule has 2 heterocycles. The summed E-state index contributed by atoms with van der Waals surface area (Å²) in [6.07, 6.45) is 4.95. The Hall–Kier alpha value is -1.88. The zero-order chi connectivity index (χ0) is 12.3. The summed E-state index contributed by atoms with van der Waals surface area (Å²) >= 11 is 0. The minimum atomic E-state index is -0.807. The number of aliphatic carboxylic acids is 1. The van der Waals surface area contributed by atoms with Crippen LogP contribution in [-0.2, 0) is 11.2 Å². The van der Waals surface area contributed by atoms with Crippen LogP contribution in [0.5, 0.6) is 0 Å². The third kappa shape index (κ3) is 2.82. The standard InChI is InChI=1S/C12H15N3O2/c13-9(4-5-12(16)17)7-10-8-14-11-3-1-2-6-15(10)11/h1-3,6,8-9H,4-5,7,13H2,(H,16,17). The number of pyridine rings is 1. The molecule has 0 aliphatic carbocycles. The normalized spacial score (nSPS) is 12.8. The van der Waals surface area contributed by atoms with Gasteiger partial charge in [-0.15, -0.1) is 0 Å². The van der Waals surface area contributed by atoms with E-state index in [-0.39, 0.29) is 12.5 Å². The van der Waals surface area contributed by atoms with Crippen molar-refractivity contribution < 1.29 is 9.90 Å². The molecule has 0 amide bonds. The van der Waals surface area contributed by atoms with Crippen LogP contribution < -0.4 is 5.73 Å². The lowest BCUT2D eigenvalue weighted by molar-refractivity contribution is -0.137. The molecule has 0 aliphatic heterocycles. The Bertz CT molecular complexity index is 521. The first-order valence-electron chi connectivity index (χ1n) is 5.55. The van der Waals surface area contributed by atoms with Crippen molar-refractivity contribution in [2.45, 2.75) is 25.3 Å². The van der Waals surface area contributed by atoms with Gasteiger partial charge < -0.3 is 15.2 Å². The highest BCUT2D eigenvalue weighted by Gasteiger charge is 2.10. The molecule has 0 bridgehead atoms. The predicted octanol–water partition coefficient (Wildman–Crippen LogP) is 1.07.